The van der Waals surface area contributed by atoms with Crippen molar-refractivity contribution in [3.05, 3.63) is 33.1 Å². The second-order valence-electron chi connectivity index (χ2n) is 9.58. The van der Waals surface area contributed by atoms with Crippen molar-refractivity contribution in [3.63, 3.8) is 0 Å². The number of alkyl halides is 1. The molecule has 1 N–H and O–H groups in total. The number of carbonyl (C=O) groups is 1. The van der Waals surface area contributed by atoms with E-state index in [0.29, 0.717) is 25.4 Å². The van der Waals surface area contributed by atoms with E-state index < -0.39 is 44.4 Å². The van der Waals surface area contributed by atoms with Crippen molar-refractivity contribution >= 4 is 25.4 Å². The number of nitrogens with zero attached hydrogens (tertiary/aromatic N) is 2. The Bertz CT molecular complexity index is 953. The second-order valence-corrected chi connectivity index (χ2v) is 12.1. The maximum absolute atomic E-state index is 15.7. The lowest BCUT2D eigenvalue weighted by atomic mass is 10.1. The average molecular weight is 566 g/mol. The highest BCUT2D eigenvalue weighted by atomic mass is 32.2. The number of H-pyrrole nitrogens is 1. The van der Waals surface area contributed by atoms with Crippen LogP contribution in [0, 0.1) is 5.92 Å². The highest BCUT2D eigenvalue weighted by Gasteiger charge is 2.49. The van der Waals surface area contributed by atoms with Crippen LogP contribution in [0.5, 0.6) is 0 Å². The first-order chi connectivity index (χ1) is 17.5. The molecule has 1 fully saturated rings. The third-order valence-electron chi connectivity index (χ3n) is 5.63. The van der Waals surface area contributed by atoms with Crippen molar-refractivity contribution in [3.8, 4) is 0 Å². The summed E-state index contributed by atoms with van der Waals surface area (Å²) in [6.07, 6.45) is -2.78. The van der Waals surface area contributed by atoms with Crippen LogP contribution in [0.4, 0.5) is 4.39 Å². The number of carbonyl (C=O) groups excluding carboxylic acids is 1. The van der Waals surface area contributed by atoms with E-state index in [4.69, 9.17) is 18.5 Å². The number of nitrogens with one attached hydrogen (secondary N) is 1. The molecule has 1 saturated heterocycles. The van der Waals surface area contributed by atoms with Gasteiger partial charge in [-0.2, -0.15) is 0 Å². The van der Waals surface area contributed by atoms with Crippen LogP contribution >= 0.6 is 20.3 Å². The van der Waals surface area contributed by atoms with E-state index in [1.54, 1.807) is 0 Å². The summed E-state index contributed by atoms with van der Waals surface area (Å²) in [5, 5.41) is 0.133. The van der Waals surface area contributed by atoms with E-state index in [1.165, 1.54) is 18.0 Å². The summed E-state index contributed by atoms with van der Waals surface area (Å²) in [6.45, 7) is 14.6. The zero-order valence-electron chi connectivity index (χ0n) is 22.7. The summed E-state index contributed by atoms with van der Waals surface area (Å²) in [5.41, 5.74) is -1.31. The van der Waals surface area contributed by atoms with Crippen molar-refractivity contribution in [1.29, 1.82) is 0 Å². The first-order valence-electron chi connectivity index (χ1n) is 12.7. The molecule has 0 aliphatic carbocycles. The minimum atomic E-state index is -1.69. The maximum atomic E-state index is 15.7. The molecule has 1 aromatic rings. The lowest BCUT2D eigenvalue weighted by Crippen LogP contribution is -2.39. The molecule has 0 radical (unpaired) electrons. The molecule has 13 heteroatoms. The maximum Gasteiger partial charge on any atom is 0.330 e. The minimum absolute atomic E-state index is 0.0136. The van der Waals surface area contributed by atoms with Crippen LogP contribution in [0.25, 0.3) is 0 Å². The molecule has 10 nitrogen and oxygen atoms in total. The number of aromatic nitrogens is 2. The van der Waals surface area contributed by atoms with Gasteiger partial charge in [-0.15, -0.1) is 0 Å². The number of thioether (sulfide) groups is 1. The zero-order valence-corrected chi connectivity index (χ0v) is 24.4. The molecule has 1 aromatic heterocycles. The van der Waals surface area contributed by atoms with Gasteiger partial charge in [-0.25, -0.2) is 13.9 Å². The van der Waals surface area contributed by atoms with Gasteiger partial charge in [-0.3, -0.25) is 19.1 Å². The number of halogens is 1. The summed E-state index contributed by atoms with van der Waals surface area (Å²) >= 11 is 1.25. The fourth-order valence-electron chi connectivity index (χ4n) is 3.87. The van der Waals surface area contributed by atoms with Crippen molar-refractivity contribution in [2.45, 2.75) is 91.6 Å². The summed E-state index contributed by atoms with van der Waals surface area (Å²) in [4.78, 5) is 37.5. The Hall–Kier alpha value is -1.14. The van der Waals surface area contributed by atoms with Crippen molar-refractivity contribution in [1.82, 2.24) is 14.2 Å². The number of hydrogen-bond donors (Lipinski definition) is 1. The Balaban J connectivity index is 2.07. The average Bonchev–Trinajstić information content (AvgIpc) is 3.12. The normalized spacial score (nSPS) is 23.0. The van der Waals surface area contributed by atoms with Crippen LogP contribution < -0.4 is 11.2 Å². The SMILES string of the molecule is CC[C@H]1O[C@@H](n2ccc(=O)[nH]c2=O)[C@@H](F)C1OP(OCCOCCSC(=O)C(C)C)N(C(C)C)C(C)C. The van der Waals surface area contributed by atoms with Gasteiger partial charge in [0.2, 0.25) is 0 Å². The third-order valence-corrected chi connectivity index (χ3v) is 8.88. The highest BCUT2D eigenvalue weighted by Crippen LogP contribution is 2.50. The summed E-state index contributed by atoms with van der Waals surface area (Å²) in [7, 11) is -1.69. The molecule has 1 aliphatic rings. The lowest BCUT2D eigenvalue weighted by molar-refractivity contribution is -0.113. The molecule has 0 saturated carbocycles. The molecule has 2 unspecified atom stereocenters. The van der Waals surface area contributed by atoms with Gasteiger partial charge in [0, 0.05) is 36.0 Å². The molecule has 0 spiro atoms. The molecule has 2 heterocycles. The number of ether oxygens (including phenoxy) is 2. The molecule has 37 heavy (non-hydrogen) atoms. The van der Waals surface area contributed by atoms with Crippen LogP contribution in [-0.4, -0.2) is 75.4 Å². The summed E-state index contributed by atoms with van der Waals surface area (Å²) in [6, 6.07) is 1.27. The quantitative estimate of drug-likeness (QED) is 0.250. The lowest BCUT2D eigenvalue weighted by Gasteiger charge is -2.37. The van der Waals surface area contributed by atoms with Gasteiger partial charge in [0.25, 0.3) is 14.1 Å². The first-order valence-corrected chi connectivity index (χ1v) is 14.8. The van der Waals surface area contributed by atoms with Crippen molar-refractivity contribution < 1.29 is 27.7 Å². The van der Waals surface area contributed by atoms with Crippen LogP contribution in [0.3, 0.4) is 0 Å². The molecule has 1 aliphatic heterocycles. The number of hydrogen-bond acceptors (Lipinski definition) is 9. The Labute approximate surface area is 223 Å². The molecule has 0 amide bonds. The van der Waals surface area contributed by atoms with Crippen LogP contribution in [-0.2, 0) is 23.3 Å². The third kappa shape index (κ3) is 9.23. The standard InChI is InChI=1S/C24H41FN3O7PS/c1-8-18-21(20(25)22(34-18)27-10-9-19(29)26-24(27)31)35-36(28(16(4)5)17(6)7)33-12-11-32-13-14-37-23(30)15(2)3/h9-10,15-18,20-22H,8,11-14H2,1-7H3,(H,26,29,31)/t18-,20+,21?,22-,36?/m1/s1. The molecule has 212 valence electrons. The highest BCUT2D eigenvalue weighted by molar-refractivity contribution is 8.13. The van der Waals surface area contributed by atoms with Crippen molar-refractivity contribution in [2.24, 2.45) is 5.92 Å². The van der Waals surface area contributed by atoms with Gasteiger partial charge in [-0.1, -0.05) is 32.5 Å². The molecular formula is C24H41FN3O7PS. The van der Waals surface area contributed by atoms with E-state index >= 15 is 4.39 Å². The topological polar surface area (TPSA) is 112 Å². The van der Waals surface area contributed by atoms with Crippen molar-refractivity contribution in [2.75, 3.05) is 25.6 Å². The first kappa shape index (κ1) is 32.1. The molecule has 0 bridgehead atoms. The summed E-state index contributed by atoms with van der Waals surface area (Å²) < 4.78 is 42.7. The Kier molecular flexibility index (Phi) is 13.4. The fraction of sp³-hybridized carbons (Fsp3) is 0.792. The molecule has 2 rings (SSSR count). The van der Waals surface area contributed by atoms with E-state index in [-0.39, 0.29) is 29.7 Å². The minimum Gasteiger partial charge on any atom is -0.378 e. The molecular weight excluding hydrogens is 524 g/mol. The van der Waals surface area contributed by atoms with Gasteiger partial charge in [0.05, 0.1) is 25.9 Å². The fourth-order valence-corrected chi connectivity index (χ4v) is 6.36. The van der Waals surface area contributed by atoms with Gasteiger partial charge < -0.3 is 18.5 Å². The van der Waals surface area contributed by atoms with Crippen LogP contribution in [0.15, 0.2) is 21.9 Å². The smallest absolute Gasteiger partial charge is 0.330 e. The van der Waals surface area contributed by atoms with Crippen LogP contribution in [0.1, 0.15) is 61.1 Å². The number of rotatable bonds is 15. The van der Waals surface area contributed by atoms with E-state index in [2.05, 4.69) is 4.98 Å². The van der Waals surface area contributed by atoms with Gasteiger partial charge in [-0.05, 0) is 34.1 Å². The van der Waals surface area contributed by atoms with Gasteiger partial charge in [0.15, 0.2) is 17.5 Å². The number of aromatic amines is 1. The predicted molar refractivity (Wildman–Crippen MR) is 143 cm³/mol. The molecule has 5 atom stereocenters. The Morgan fingerprint density at radius 3 is 2.43 bits per heavy atom. The van der Waals surface area contributed by atoms with Gasteiger partial charge in [0.1, 0.15) is 6.10 Å². The predicted octanol–water partition coefficient (Wildman–Crippen LogP) is 3.86. The van der Waals surface area contributed by atoms with E-state index in [0.717, 1.165) is 10.6 Å². The largest absolute Gasteiger partial charge is 0.378 e. The monoisotopic (exact) mass is 565 g/mol. The van der Waals surface area contributed by atoms with E-state index in [1.807, 2.05) is 53.1 Å². The second kappa shape index (κ2) is 15.5. The Morgan fingerprint density at radius 2 is 1.86 bits per heavy atom. The summed E-state index contributed by atoms with van der Waals surface area (Å²) in [5.74, 6) is 0.555. The Morgan fingerprint density at radius 1 is 1.19 bits per heavy atom. The van der Waals surface area contributed by atoms with Gasteiger partial charge >= 0.3 is 5.69 Å². The van der Waals surface area contributed by atoms with E-state index in [9.17, 15) is 14.4 Å². The zero-order chi connectivity index (χ0) is 27.7. The van der Waals surface area contributed by atoms with Crippen LogP contribution in [0.2, 0.25) is 0 Å². The molecule has 0 aromatic carbocycles.